The predicted octanol–water partition coefficient (Wildman–Crippen LogP) is 7.86. The molecule has 0 unspecified atom stereocenters. The van der Waals surface area contributed by atoms with E-state index in [9.17, 15) is 22.8 Å². The Morgan fingerprint density at radius 3 is 2.34 bits per heavy atom. The molecular formula is C33H27ClF3N3O4. The lowest BCUT2D eigenvalue weighted by Gasteiger charge is -2.17. The van der Waals surface area contributed by atoms with Gasteiger partial charge in [0.15, 0.2) is 0 Å². The molecule has 0 fully saturated rings. The van der Waals surface area contributed by atoms with E-state index in [2.05, 4.69) is 5.32 Å². The average Bonchev–Trinajstić information content (AvgIpc) is 3.45. The summed E-state index contributed by atoms with van der Waals surface area (Å²) in [5.74, 6) is -0.698. The number of ether oxygens (including phenoxy) is 1. The summed E-state index contributed by atoms with van der Waals surface area (Å²) < 4.78 is 47.9. The zero-order chi connectivity index (χ0) is 31.6. The number of alkyl halides is 3. The number of halogens is 4. The van der Waals surface area contributed by atoms with Crippen molar-refractivity contribution < 1.29 is 32.6 Å². The maximum atomic E-state index is 13.6. The summed E-state index contributed by atoms with van der Waals surface area (Å²) >= 11 is 6.10. The van der Waals surface area contributed by atoms with Gasteiger partial charge >= 0.3 is 12.1 Å². The number of fused-ring (bicyclic) bond motifs is 1. The molecule has 0 saturated heterocycles. The van der Waals surface area contributed by atoms with Crippen LogP contribution in [-0.2, 0) is 11.0 Å². The number of aliphatic carboxylic acids is 1. The molecule has 1 aromatic heterocycles. The lowest BCUT2D eigenvalue weighted by atomic mass is 10.0. The monoisotopic (exact) mass is 621 g/mol. The first-order valence-corrected chi connectivity index (χ1v) is 14.0. The van der Waals surface area contributed by atoms with Gasteiger partial charge in [-0.1, -0.05) is 41.9 Å². The minimum absolute atomic E-state index is 0.00381. The van der Waals surface area contributed by atoms with Crippen molar-refractivity contribution >= 4 is 34.2 Å². The molecule has 5 rings (SSSR count). The summed E-state index contributed by atoms with van der Waals surface area (Å²) in [5, 5.41) is 17.9. The average molecular weight is 622 g/mol. The van der Waals surface area contributed by atoms with Gasteiger partial charge in [0.2, 0.25) is 0 Å². The van der Waals surface area contributed by atoms with Gasteiger partial charge in [-0.3, -0.25) is 14.3 Å². The number of carboxylic acid groups (broad SMARTS) is 1. The molecule has 0 aliphatic heterocycles. The van der Waals surface area contributed by atoms with E-state index in [1.165, 1.54) is 6.07 Å². The van der Waals surface area contributed by atoms with Crippen LogP contribution in [0.3, 0.4) is 0 Å². The first kappa shape index (κ1) is 30.6. The highest BCUT2D eigenvalue weighted by Crippen LogP contribution is 2.37. The van der Waals surface area contributed by atoms with Crippen LogP contribution in [0.25, 0.3) is 33.3 Å². The van der Waals surface area contributed by atoms with E-state index in [1.54, 1.807) is 42.1 Å². The number of carbonyl (C=O) groups excluding carboxylic acids is 1. The van der Waals surface area contributed by atoms with E-state index in [0.29, 0.717) is 22.7 Å². The van der Waals surface area contributed by atoms with Crippen molar-refractivity contribution in [3.8, 4) is 28.3 Å². The van der Waals surface area contributed by atoms with Gasteiger partial charge in [-0.25, -0.2) is 0 Å². The van der Waals surface area contributed by atoms with Crippen molar-refractivity contribution in [2.75, 3.05) is 13.7 Å². The minimum atomic E-state index is -4.58. The van der Waals surface area contributed by atoms with Crippen LogP contribution in [0.4, 0.5) is 13.2 Å². The summed E-state index contributed by atoms with van der Waals surface area (Å²) in [6.07, 6.45) is -4.77. The largest absolute Gasteiger partial charge is 0.497 e. The number of methoxy groups -OCH3 is 1. The number of carbonyl (C=O) groups is 2. The molecule has 4 aromatic carbocycles. The quantitative estimate of drug-likeness (QED) is 0.175. The van der Waals surface area contributed by atoms with Crippen molar-refractivity contribution in [3.05, 3.63) is 107 Å². The fourth-order valence-electron chi connectivity index (χ4n) is 4.90. The van der Waals surface area contributed by atoms with Gasteiger partial charge in [-0.2, -0.15) is 18.3 Å². The van der Waals surface area contributed by atoms with E-state index in [0.717, 1.165) is 34.0 Å². The summed E-state index contributed by atoms with van der Waals surface area (Å²) in [4.78, 5) is 23.2. The van der Waals surface area contributed by atoms with Crippen LogP contribution in [0.5, 0.6) is 5.75 Å². The van der Waals surface area contributed by atoms with Gasteiger partial charge < -0.3 is 15.2 Å². The Bertz CT molecular complexity index is 1850. The van der Waals surface area contributed by atoms with Crippen LogP contribution in [0.15, 0.2) is 84.9 Å². The predicted molar refractivity (Wildman–Crippen MR) is 162 cm³/mol. The summed E-state index contributed by atoms with van der Waals surface area (Å²) in [6, 6.07) is 23.0. The maximum Gasteiger partial charge on any atom is 0.416 e. The number of aromatic nitrogens is 2. The molecule has 7 nitrogen and oxygen atoms in total. The number of carboxylic acids is 1. The Labute approximate surface area is 255 Å². The van der Waals surface area contributed by atoms with Crippen molar-refractivity contribution in [1.29, 1.82) is 0 Å². The molecule has 2 N–H and O–H groups in total. The molecule has 226 valence electrons. The smallest absolute Gasteiger partial charge is 0.416 e. The highest BCUT2D eigenvalue weighted by molar-refractivity contribution is 6.31. The van der Waals surface area contributed by atoms with Gasteiger partial charge in [0, 0.05) is 28.3 Å². The summed E-state index contributed by atoms with van der Waals surface area (Å²) in [7, 11) is 1.59. The number of rotatable bonds is 9. The van der Waals surface area contributed by atoms with Crippen LogP contribution in [0.2, 0.25) is 5.02 Å². The second-order valence-electron chi connectivity index (χ2n) is 10.2. The highest BCUT2D eigenvalue weighted by Gasteiger charge is 2.31. The lowest BCUT2D eigenvalue weighted by Crippen LogP contribution is -2.26. The van der Waals surface area contributed by atoms with Gasteiger partial charge in [-0.05, 0) is 77.9 Å². The number of hydrogen-bond donors (Lipinski definition) is 2. The fraction of sp³-hybridized carbons (Fsp3) is 0.182. The van der Waals surface area contributed by atoms with Crippen LogP contribution in [0, 0.1) is 0 Å². The molecular weight excluding hydrogens is 595 g/mol. The van der Waals surface area contributed by atoms with E-state index >= 15 is 0 Å². The van der Waals surface area contributed by atoms with Gasteiger partial charge in [0.1, 0.15) is 5.75 Å². The molecule has 0 bridgehead atoms. The number of nitrogens with zero attached hydrogens (tertiary/aromatic N) is 2. The lowest BCUT2D eigenvalue weighted by molar-refractivity contribution is -0.138. The molecule has 5 aromatic rings. The molecule has 0 spiro atoms. The van der Waals surface area contributed by atoms with Crippen LogP contribution in [0.1, 0.15) is 40.9 Å². The Balaban J connectivity index is 1.56. The van der Waals surface area contributed by atoms with Crippen molar-refractivity contribution in [2.45, 2.75) is 25.6 Å². The van der Waals surface area contributed by atoms with Crippen LogP contribution >= 0.6 is 11.6 Å². The normalized spacial score (nSPS) is 12.2. The standard InChI is InChI=1S/C33H27ClF3N3O4/c1-19(20-3-5-21(6-4-20)32(43)38-12-11-31(41)42)40-30(24-8-7-23-16-28(44-2)10-9-22(23)13-24)18-29(39-40)25-14-26(33(35,36)37)17-27(34)15-25/h3-10,13-19H,11-12H2,1-2H3,(H,38,43)(H,41,42)/t19-/m0/s1. The van der Waals surface area contributed by atoms with Gasteiger partial charge in [-0.15, -0.1) is 0 Å². The number of nitrogens with one attached hydrogen (secondary N) is 1. The maximum absolute atomic E-state index is 13.6. The molecule has 1 atom stereocenters. The molecule has 1 amide bonds. The third-order valence-electron chi connectivity index (χ3n) is 7.25. The third-order valence-corrected chi connectivity index (χ3v) is 7.46. The van der Waals surface area contributed by atoms with Crippen LogP contribution < -0.4 is 10.1 Å². The highest BCUT2D eigenvalue weighted by atomic mass is 35.5. The van der Waals surface area contributed by atoms with E-state index in [-0.39, 0.29) is 23.6 Å². The van der Waals surface area contributed by atoms with Crippen molar-refractivity contribution in [2.24, 2.45) is 0 Å². The molecule has 1 heterocycles. The first-order valence-electron chi connectivity index (χ1n) is 13.6. The molecule has 0 saturated carbocycles. The van der Waals surface area contributed by atoms with Crippen LogP contribution in [-0.4, -0.2) is 40.4 Å². The molecule has 0 radical (unpaired) electrons. The van der Waals surface area contributed by atoms with Crippen molar-refractivity contribution in [3.63, 3.8) is 0 Å². The molecule has 0 aliphatic carbocycles. The number of hydrogen-bond acceptors (Lipinski definition) is 4. The Kier molecular flexibility index (Phi) is 8.64. The number of amides is 1. The molecule has 0 aliphatic rings. The van der Waals surface area contributed by atoms with E-state index in [1.807, 2.05) is 43.3 Å². The van der Waals surface area contributed by atoms with Gasteiger partial charge in [0.05, 0.1) is 36.5 Å². The third kappa shape index (κ3) is 6.70. The first-order chi connectivity index (χ1) is 20.9. The van der Waals surface area contributed by atoms with Crippen molar-refractivity contribution in [1.82, 2.24) is 15.1 Å². The zero-order valence-electron chi connectivity index (χ0n) is 23.7. The number of benzene rings is 4. The van der Waals surface area contributed by atoms with E-state index in [4.69, 9.17) is 26.5 Å². The van der Waals surface area contributed by atoms with E-state index < -0.39 is 29.7 Å². The Morgan fingerprint density at radius 2 is 1.66 bits per heavy atom. The second kappa shape index (κ2) is 12.4. The van der Waals surface area contributed by atoms with Gasteiger partial charge in [0.25, 0.3) is 5.91 Å². The summed E-state index contributed by atoms with van der Waals surface area (Å²) in [6.45, 7) is 1.90. The molecule has 11 heteroatoms. The Morgan fingerprint density at radius 1 is 0.955 bits per heavy atom. The SMILES string of the molecule is COc1ccc2cc(-c3cc(-c4cc(Cl)cc(C(F)(F)F)c4)nn3[C@@H](C)c3ccc(C(=O)NCCC(=O)O)cc3)ccc2c1. The molecule has 44 heavy (non-hydrogen) atoms. The minimum Gasteiger partial charge on any atom is -0.497 e. The Hall–Kier alpha value is -4.83. The topological polar surface area (TPSA) is 93.5 Å². The second-order valence-corrected chi connectivity index (χ2v) is 10.6. The zero-order valence-corrected chi connectivity index (χ0v) is 24.4. The summed E-state index contributed by atoms with van der Waals surface area (Å²) in [5.41, 5.74) is 2.25. The fourth-order valence-corrected chi connectivity index (χ4v) is 5.13.